The zero-order chi connectivity index (χ0) is 15.1. The van der Waals surface area contributed by atoms with Crippen molar-refractivity contribution in [2.75, 3.05) is 33.4 Å². The minimum atomic E-state index is 0.0300. The first-order chi connectivity index (χ1) is 10.2. The predicted octanol–water partition coefficient (Wildman–Crippen LogP) is 2.63. The zero-order valence-corrected chi connectivity index (χ0v) is 13.2. The largest absolute Gasteiger partial charge is 0.385 e. The second-order valence-electron chi connectivity index (χ2n) is 5.28. The number of ether oxygens (including phenoxy) is 1. The summed E-state index contributed by atoms with van der Waals surface area (Å²) in [6.07, 6.45) is 2.36. The van der Waals surface area contributed by atoms with Gasteiger partial charge in [-0.1, -0.05) is 29.8 Å². The van der Waals surface area contributed by atoms with Crippen molar-refractivity contribution in [1.29, 1.82) is 0 Å². The molecule has 1 unspecified atom stereocenters. The number of halogens is 1. The number of nitrogens with zero attached hydrogens (tertiary/aromatic N) is 1. The van der Waals surface area contributed by atoms with E-state index in [1.165, 1.54) is 0 Å². The number of piperazine rings is 1. The van der Waals surface area contributed by atoms with Crippen LogP contribution in [-0.4, -0.2) is 44.2 Å². The normalized spacial score (nSPS) is 18.8. The molecule has 1 N–H and O–H groups in total. The van der Waals surface area contributed by atoms with E-state index in [0.29, 0.717) is 13.0 Å². The average Bonchev–Trinajstić information content (AvgIpc) is 2.52. The molecule has 1 saturated heterocycles. The Morgan fingerprint density at radius 3 is 3.00 bits per heavy atom. The summed E-state index contributed by atoms with van der Waals surface area (Å²) in [5, 5.41) is 4.07. The van der Waals surface area contributed by atoms with E-state index >= 15 is 0 Å². The van der Waals surface area contributed by atoms with E-state index in [1.807, 2.05) is 29.2 Å². The summed E-state index contributed by atoms with van der Waals surface area (Å²) in [4.78, 5) is 14.4. The van der Waals surface area contributed by atoms with Crippen molar-refractivity contribution in [3.63, 3.8) is 0 Å². The molecule has 0 bridgehead atoms. The van der Waals surface area contributed by atoms with Gasteiger partial charge < -0.3 is 15.0 Å². The molecule has 1 heterocycles. The van der Waals surface area contributed by atoms with Crippen LogP contribution in [0.5, 0.6) is 0 Å². The van der Waals surface area contributed by atoms with E-state index < -0.39 is 0 Å². The third-order valence-electron chi connectivity index (χ3n) is 3.82. The van der Waals surface area contributed by atoms with E-state index in [1.54, 1.807) is 7.11 Å². The van der Waals surface area contributed by atoms with Gasteiger partial charge in [-0.15, -0.1) is 0 Å². The van der Waals surface area contributed by atoms with Crippen molar-refractivity contribution in [3.8, 4) is 0 Å². The van der Waals surface area contributed by atoms with Gasteiger partial charge in [-0.2, -0.15) is 0 Å². The fraction of sp³-hybridized carbons (Fsp3) is 0.562. The van der Waals surface area contributed by atoms with Crippen LogP contribution in [0.1, 0.15) is 30.9 Å². The highest BCUT2D eigenvalue weighted by atomic mass is 35.5. The fourth-order valence-electron chi connectivity index (χ4n) is 2.69. The van der Waals surface area contributed by atoms with Crippen molar-refractivity contribution in [1.82, 2.24) is 10.2 Å². The van der Waals surface area contributed by atoms with Crippen LogP contribution in [-0.2, 0) is 9.53 Å². The minimum absolute atomic E-state index is 0.0300. The maximum atomic E-state index is 12.5. The van der Waals surface area contributed by atoms with Crippen molar-refractivity contribution < 1.29 is 9.53 Å². The van der Waals surface area contributed by atoms with E-state index in [0.717, 1.165) is 43.1 Å². The second kappa shape index (κ2) is 8.37. The maximum Gasteiger partial charge on any atom is 0.223 e. The quantitative estimate of drug-likeness (QED) is 0.821. The second-order valence-corrected chi connectivity index (χ2v) is 5.69. The van der Waals surface area contributed by atoms with Crippen LogP contribution < -0.4 is 5.32 Å². The number of carbonyl (C=O) groups is 1. The lowest BCUT2D eigenvalue weighted by Crippen LogP contribution is -2.48. The summed E-state index contributed by atoms with van der Waals surface area (Å²) < 4.78 is 5.02. The predicted molar refractivity (Wildman–Crippen MR) is 84.5 cm³/mol. The van der Waals surface area contributed by atoms with Crippen molar-refractivity contribution in [2.45, 2.75) is 25.3 Å². The Morgan fingerprint density at radius 1 is 1.43 bits per heavy atom. The Kier molecular flexibility index (Phi) is 6.49. The Hall–Kier alpha value is -1.10. The van der Waals surface area contributed by atoms with Crippen LogP contribution in [0, 0.1) is 0 Å². The molecule has 21 heavy (non-hydrogen) atoms. The number of hydrogen-bond donors (Lipinski definition) is 1. The summed E-state index contributed by atoms with van der Waals surface area (Å²) in [5.41, 5.74) is 1.02. The summed E-state index contributed by atoms with van der Waals surface area (Å²) in [6, 6.07) is 7.80. The Balaban J connectivity index is 2.02. The van der Waals surface area contributed by atoms with E-state index in [4.69, 9.17) is 16.3 Å². The highest BCUT2D eigenvalue weighted by Crippen LogP contribution is 2.29. The lowest BCUT2D eigenvalue weighted by molar-refractivity contribution is -0.134. The van der Waals surface area contributed by atoms with E-state index in [2.05, 4.69) is 5.32 Å². The molecular formula is C16H23ClN2O2. The molecule has 0 spiro atoms. The molecule has 0 radical (unpaired) electrons. The first kappa shape index (κ1) is 16.3. The van der Waals surface area contributed by atoms with Gasteiger partial charge in [0.25, 0.3) is 0 Å². The van der Waals surface area contributed by atoms with Gasteiger partial charge in [0.2, 0.25) is 5.91 Å². The van der Waals surface area contributed by atoms with Crippen LogP contribution >= 0.6 is 11.6 Å². The van der Waals surface area contributed by atoms with Crippen molar-refractivity contribution >= 4 is 17.5 Å². The van der Waals surface area contributed by atoms with Crippen molar-refractivity contribution in [2.24, 2.45) is 0 Å². The number of nitrogens with one attached hydrogen (secondary N) is 1. The SMILES string of the molecule is COCCCCC(=O)N1CCNCC1c1ccccc1Cl. The molecular weight excluding hydrogens is 288 g/mol. The van der Waals surface area contributed by atoms with Crippen LogP contribution in [0.25, 0.3) is 0 Å². The molecule has 5 heteroatoms. The molecule has 1 aromatic carbocycles. The van der Waals surface area contributed by atoms with E-state index in [-0.39, 0.29) is 11.9 Å². The van der Waals surface area contributed by atoms with Gasteiger partial charge in [0.1, 0.15) is 0 Å². The topological polar surface area (TPSA) is 41.6 Å². The molecule has 2 rings (SSSR count). The molecule has 1 aliphatic heterocycles. The highest BCUT2D eigenvalue weighted by molar-refractivity contribution is 6.31. The molecule has 1 amide bonds. The third kappa shape index (κ3) is 4.43. The summed E-state index contributed by atoms with van der Waals surface area (Å²) in [6.45, 7) is 3.04. The molecule has 0 aliphatic carbocycles. The van der Waals surface area contributed by atoms with Crippen LogP contribution in [0.4, 0.5) is 0 Å². The smallest absolute Gasteiger partial charge is 0.223 e. The van der Waals surface area contributed by atoms with Gasteiger partial charge in [-0.05, 0) is 24.5 Å². The summed E-state index contributed by atoms with van der Waals surface area (Å²) in [5.74, 6) is 0.206. The van der Waals surface area contributed by atoms with Crippen LogP contribution in [0.3, 0.4) is 0 Å². The highest BCUT2D eigenvalue weighted by Gasteiger charge is 2.28. The Labute approximate surface area is 131 Å². The van der Waals surface area contributed by atoms with Gasteiger partial charge in [-0.25, -0.2) is 0 Å². The summed E-state index contributed by atoms with van der Waals surface area (Å²) >= 11 is 6.29. The number of hydrogen-bond acceptors (Lipinski definition) is 3. The van der Waals surface area contributed by atoms with Gasteiger partial charge >= 0.3 is 0 Å². The molecule has 1 atom stereocenters. The Bertz CT molecular complexity index is 467. The monoisotopic (exact) mass is 310 g/mol. The van der Waals surface area contributed by atoms with Gasteiger partial charge in [-0.3, -0.25) is 4.79 Å². The molecule has 1 aromatic rings. The van der Waals surface area contributed by atoms with Gasteiger partial charge in [0, 0.05) is 44.8 Å². The number of rotatable bonds is 6. The maximum absolute atomic E-state index is 12.5. The molecule has 1 aliphatic rings. The molecule has 4 nitrogen and oxygen atoms in total. The average molecular weight is 311 g/mol. The lowest BCUT2D eigenvalue weighted by Gasteiger charge is -2.37. The molecule has 116 valence electrons. The first-order valence-corrected chi connectivity index (χ1v) is 7.85. The number of unbranched alkanes of at least 4 members (excludes halogenated alkanes) is 1. The minimum Gasteiger partial charge on any atom is -0.385 e. The number of amides is 1. The molecule has 0 aromatic heterocycles. The molecule has 0 saturated carbocycles. The van der Waals surface area contributed by atoms with Crippen LogP contribution in [0.2, 0.25) is 5.02 Å². The zero-order valence-electron chi connectivity index (χ0n) is 12.5. The number of methoxy groups -OCH3 is 1. The number of benzene rings is 1. The third-order valence-corrected chi connectivity index (χ3v) is 4.16. The first-order valence-electron chi connectivity index (χ1n) is 7.47. The summed E-state index contributed by atoms with van der Waals surface area (Å²) in [7, 11) is 1.69. The van der Waals surface area contributed by atoms with E-state index in [9.17, 15) is 4.79 Å². The van der Waals surface area contributed by atoms with Crippen LogP contribution in [0.15, 0.2) is 24.3 Å². The van der Waals surface area contributed by atoms with Gasteiger partial charge in [0.05, 0.1) is 6.04 Å². The van der Waals surface area contributed by atoms with Gasteiger partial charge in [0.15, 0.2) is 0 Å². The Morgan fingerprint density at radius 2 is 2.24 bits per heavy atom. The lowest BCUT2D eigenvalue weighted by atomic mass is 10.0. The molecule has 1 fully saturated rings. The van der Waals surface area contributed by atoms with Crippen molar-refractivity contribution in [3.05, 3.63) is 34.9 Å². The fourth-order valence-corrected chi connectivity index (χ4v) is 2.95. The number of carbonyl (C=O) groups excluding carboxylic acids is 1. The standard InChI is InChI=1S/C16H23ClN2O2/c1-21-11-5-4-8-16(20)19-10-9-18-12-15(19)13-6-2-3-7-14(13)17/h2-3,6-7,15,18H,4-5,8-12H2,1H3.